The molecule has 2 aromatic heterocycles. The van der Waals surface area contributed by atoms with Crippen LogP contribution in [0.2, 0.25) is 0 Å². The first-order valence-electron chi connectivity index (χ1n) is 12.3. The van der Waals surface area contributed by atoms with Crippen LogP contribution in [0.15, 0.2) is 77.4 Å². The van der Waals surface area contributed by atoms with Gasteiger partial charge in [-0.05, 0) is 67.3 Å². The molecular formula is C29H31N3O3. The molecule has 0 bridgehead atoms. The molecule has 6 nitrogen and oxygen atoms in total. The fourth-order valence-electron chi connectivity index (χ4n) is 4.68. The third-order valence-corrected chi connectivity index (χ3v) is 6.62. The Morgan fingerprint density at radius 3 is 2.69 bits per heavy atom. The highest BCUT2D eigenvalue weighted by molar-refractivity contribution is 5.59. The molecule has 0 radical (unpaired) electrons. The van der Waals surface area contributed by atoms with Crippen LogP contribution in [0, 0.1) is 12.8 Å². The van der Waals surface area contributed by atoms with E-state index in [1.54, 1.807) is 6.20 Å². The lowest BCUT2D eigenvalue weighted by Crippen LogP contribution is -2.09. The summed E-state index contributed by atoms with van der Waals surface area (Å²) in [5.41, 5.74) is 4.56. The second-order valence-electron chi connectivity index (χ2n) is 9.25. The van der Waals surface area contributed by atoms with E-state index in [1.807, 2.05) is 36.4 Å². The van der Waals surface area contributed by atoms with Gasteiger partial charge in [0.25, 0.3) is 5.89 Å². The van der Waals surface area contributed by atoms with Gasteiger partial charge < -0.3 is 14.0 Å². The van der Waals surface area contributed by atoms with Crippen LogP contribution in [0.25, 0.3) is 11.5 Å². The maximum atomic E-state index is 5.85. The van der Waals surface area contributed by atoms with Gasteiger partial charge in [0.2, 0.25) is 5.88 Å². The quantitative estimate of drug-likeness (QED) is 0.259. The summed E-state index contributed by atoms with van der Waals surface area (Å²) in [5, 5.41) is 4.32. The molecule has 0 aliphatic heterocycles. The number of hydrogen-bond acceptors (Lipinski definition) is 6. The van der Waals surface area contributed by atoms with Gasteiger partial charge in [-0.25, -0.2) is 4.98 Å². The molecular weight excluding hydrogens is 438 g/mol. The van der Waals surface area contributed by atoms with Crippen LogP contribution in [0.1, 0.15) is 47.7 Å². The van der Waals surface area contributed by atoms with Gasteiger partial charge in [0.1, 0.15) is 0 Å². The molecule has 1 aliphatic carbocycles. The Labute approximate surface area is 206 Å². The first kappa shape index (κ1) is 23.2. The average molecular weight is 470 g/mol. The van der Waals surface area contributed by atoms with Gasteiger partial charge in [-0.3, -0.25) is 0 Å². The SMILES string of the molecule is Cc1cc(CCOCc2ccccc2)ccc1-c1nc(C2CCC(COc3ccccn3)C2)no1. The number of rotatable bonds is 10. The van der Waals surface area contributed by atoms with Crippen LogP contribution in [0.3, 0.4) is 0 Å². The number of aromatic nitrogens is 3. The summed E-state index contributed by atoms with van der Waals surface area (Å²) < 4.78 is 17.4. The molecule has 6 heteroatoms. The monoisotopic (exact) mass is 469 g/mol. The van der Waals surface area contributed by atoms with Crippen molar-refractivity contribution in [2.75, 3.05) is 13.2 Å². The smallest absolute Gasteiger partial charge is 0.258 e. The van der Waals surface area contributed by atoms with Gasteiger partial charge in [0.05, 0.1) is 19.8 Å². The van der Waals surface area contributed by atoms with Crippen LogP contribution in [-0.2, 0) is 17.8 Å². The van der Waals surface area contributed by atoms with E-state index in [0.29, 0.717) is 43.4 Å². The molecule has 0 saturated heterocycles. The minimum absolute atomic E-state index is 0.311. The highest BCUT2D eigenvalue weighted by Crippen LogP contribution is 2.38. The standard InChI is InChI=1S/C29H31N3O3/c1-21-17-22(14-16-33-19-23-7-3-2-4-8-23)11-13-26(21)29-31-28(32-35-29)25-12-10-24(18-25)20-34-27-9-5-6-15-30-27/h2-9,11,13,15,17,24-25H,10,12,14,16,18-20H2,1H3. The van der Waals surface area contributed by atoms with Crippen molar-refractivity contribution in [2.24, 2.45) is 5.92 Å². The van der Waals surface area contributed by atoms with E-state index in [0.717, 1.165) is 42.6 Å². The predicted octanol–water partition coefficient (Wildman–Crippen LogP) is 6.16. The Morgan fingerprint density at radius 2 is 1.86 bits per heavy atom. The van der Waals surface area contributed by atoms with E-state index in [9.17, 15) is 0 Å². The second kappa shape index (κ2) is 11.3. The van der Waals surface area contributed by atoms with Crippen LogP contribution >= 0.6 is 0 Å². The van der Waals surface area contributed by atoms with E-state index in [2.05, 4.69) is 47.4 Å². The highest BCUT2D eigenvalue weighted by atomic mass is 16.5. The van der Waals surface area contributed by atoms with Crippen molar-refractivity contribution in [3.63, 3.8) is 0 Å². The summed E-state index contributed by atoms with van der Waals surface area (Å²) in [6.07, 6.45) is 5.78. The largest absolute Gasteiger partial charge is 0.477 e. The third kappa shape index (κ3) is 6.14. The summed E-state index contributed by atoms with van der Waals surface area (Å²) in [6.45, 7) is 4.09. The van der Waals surface area contributed by atoms with Crippen molar-refractivity contribution >= 4 is 0 Å². The molecule has 2 heterocycles. The fourth-order valence-corrected chi connectivity index (χ4v) is 4.68. The zero-order chi connectivity index (χ0) is 23.9. The Hall–Kier alpha value is -3.51. The van der Waals surface area contributed by atoms with Gasteiger partial charge in [0.15, 0.2) is 5.82 Å². The number of hydrogen-bond donors (Lipinski definition) is 0. The lowest BCUT2D eigenvalue weighted by molar-refractivity contribution is 0.124. The first-order chi connectivity index (χ1) is 17.2. The van der Waals surface area contributed by atoms with Crippen LogP contribution in [-0.4, -0.2) is 28.3 Å². The summed E-state index contributed by atoms with van der Waals surface area (Å²) in [4.78, 5) is 8.99. The van der Waals surface area contributed by atoms with Crippen molar-refractivity contribution < 1.29 is 14.0 Å². The van der Waals surface area contributed by atoms with E-state index in [-0.39, 0.29) is 0 Å². The van der Waals surface area contributed by atoms with Gasteiger partial charge in [-0.1, -0.05) is 53.7 Å². The number of aryl methyl sites for hydroxylation is 1. The zero-order valence-corrected chi connectivity index (χ0v) is 20.1. The lowest BCUT2D eigenvalue weighted by Gasteiger charge is -2.10. The minimum atomic E-state index is 0.311. The Bertz CT molecular complexity index is 1210. The van der Waals surface area contributed by atoms with E-state index >= 15 is 0 Å². The van der Waals surface area contributed by atoms with E-state index < -0.39 is 0 Å². The molecule has 0 amide bonds. The van der Waals surface area contributed by atoms with Gasteiger partial charge in [-0.15, -0.1) is 0 Å². The molecule has 1 saturated carbocycles. The fraction of sp³-hybridized carbons (Fsp3) is 0.345. The zero-order valence-electron chi connectivity index (χ0n) is 20.1. The van der Waals surface area contributed by atoms with Crippen molar-refractivity contribution in [1.82, 2.24) is 15.1 Å². The number of nitrogens with zero attached hydrogens (tertiary/aromatic N) is 3. The maximum absolute atomic E-state index is 5.85. The van der Waals surface area contributed by atoms with Crippen LogP contribution in [0.4, 0.5) is 0 Å². The molecule has 35 heavy (non-hydrogen) atoms. The van der Waals surface area contributed by atoms with E-state index in [1.165, 1.54) is 11.1 Å². The Balaban J connectivity index is 1.13. The van der Waals surface area contributed by atoms with Gasteiger partial charge >= 0.3 is 0 Å². The van der Waals surface area contributed by atoms with E-state index in [4.69, 9.17) is 19.0 Å². The van der Waals surface area contributed by atoms with Crippen LogP contribution in [0.5, 0.6) is 5.88 Å². The lowest BCUT2D eigenvalue weighted by atomic mass is 10.0. The predicted molar refractivity (Wildman–Crippen MR) is 134 cm³/mol. The second-order valence-corrected chi connectivity index (χ2v) is 9.25. The Morgan fingerprint density at radius 1 is 0.971 bits per heavy atom. The first-order valence-corrected chi connectivity index (χ1v) is 12.3. The third-order valence-electron chi connectivity index (χ3n) is 6.62. The molecule has 180 valence electrons. The molecule has 1 fully saturated rings. The summed E-state index contributed by atoms with van der Waals surface area (Å²) >= 11 is 0. The number of pyridine rings is 1. The maximum Gasteiger partial charge on any atom is 0.258 e. The van der Waals surface area contributed by atoms with Crippen molar-refractivity contribution in [3.8, 4) is 17.3 Å². The minimum Gasteiger partial charge on any atom is -0.477 e. The molecule has 5 rings (SSSR count). The highest BCUT2D eigenvalue weighted by Gasteiger charge is 2.30. The van der Waals surface area contributed by atoms with Crippen molar-refractivity contribution in [1.29, 1.82) is 0 Å². The van der Waals surface area contributed by atoms with Crippen molar-refractivity contribution in [3.05, 3.63) is 95.4 Å². The van der Waals surface area contributed by atoms with Crippen molar-refractivity contribution in [2.45, 2.75) is 45.1 Å². The Kier molecular flexibility index (Phi) is 7.49. The number of benzene rings is 2. The molecule has 4 aromatic rings. The molecule has 2 atom stereocenters. The van der Waals surface area contributed by atoms with Gasteiger partial charge in [0, 0.05) is 23.7 Å². The number of ether oxygens (including phenoxy) is 2. The van der Waals surface area contributed by atoms with Gasteiger partial charge in [-0.2, -0.15) is 4.98 Å². The average Bonchev–Trinajstić information content (AvgIpc) is 3.57. The normalized spacial score (nSPS) is 17.5. The summed E-state index contributed by atoms with van der Waals surface area (Å²) in [6, 6.07) is 22.4. The summed E-state index contributed by atoms with van der Waals surface area (Å²) in [5.74, 6) is 2.87. The molecule has 0 N–H and O–H groups in total. The molecule has 2 unspecified atom stereocenters. The van der Waals surface area contributed by atoms with Crippen LogP contribution < -0.4 is 4.74 Å². The molecule has 2 aromatic carbocycles. The molecule has 1 aliphatic rings. The summed E-state index contributed by atoms with van der Waals surface area (Å²) in [7, 11) is 0. The molecule has 0 spiro atoms. The topological polar surface area (TPSA) is 70.3 Å².